The summed E-state index contributed by atoms with van der Waals surface area (Å²) in [7, 11) is 2.02. The van der Waals surface area contributed by atoms with Crippen LogP contribution in [0, 0.1) is 6.92 Å². The lowest BCUT2D eigenvalue weighted by Crippen LogP contribution is -2.24. The molecule has 0 bridgehead atoms. The van der Waals surface area contributed by atoms with Gasteiger partial charge in [-0.3, -0.25) is 0 Å². The molecule has 1 aromatic rings. The van der Waals surface area contributed by atoms with Crippen LogP contribution >= 0.6 is 0 Å². The summed E-state index contributed by atoms with van der Waals surface area (Å²) in [4.78, 5) is 2.10. The lowest BCUT2D eigenvalue weighted by atomic mass is 10.1. The van der Waals surface area contributed by atoms with Crippen molar-refractivity contribution in [2.24, 2.45) is 0 Å². The van der Waals surface area contributed by atoms with Gasteiger partial charge in [0.25, 0.3) is 0 Å². The predicted molar refractivity (Wildman–Crippen MR) is 73.5 cm³/mol. The summed E-state index contributed by atoms with van der Waals surface area (Å²) in [6.07, 6.45) is 1.15. The maximum absolute atomic E-state index is 9.00. The fourth-order valence-electron chi connectivity index (χ4n) is 1.90. The minimum Gasteiger partial charge on any atom is -0.395 e. The van der Waals surface area contributed by atoms with Crippen molar-refractivity contribution in [1.82, 2.24) is 5.32 Å². The molecule has 0 aromatic heterocycles. The number of nitrogens with zero attached hydrogens (tertiary/aromatic N) is 1. The van der Waals surface area contributed by atoms with Gasteiger partial charge in [-0.05, 0) is 31.5 Å². The minimum atomic E-state index is 0.187. The van der Waals surface area contributed by atoms with E-state index in [-0.39, 0.29) is 6.61 Å². The standard InChI is InChI=1S/C14H24N2O/c1-4-7-15-11-13-10-12(2)5-6-14(13)16(3)8-9-17/h5-6,10,15,17H,4,7-9,11H2,1-3H3. The highest BCUT2D eigenvalue weighted by Crippen LogP contribution is 2.20. The second-order valence-corrected chi connectivity index (χ2v) is 4.45. The molecule has 3 heteroatoms. The quantitative estimate of drug-likeness (QED) is 0.710. The third-order valence-electron chi connectivity index (χ3n) is 2.82. The molecule has 0 aliphatic heterocycles. The zero-order chi connectivity index (χ0) is 12.7. The van der Waals surface area contributed by atoms with E-state index < -0.39 is 0 Å². The van der Waals surface area contributed by atoms with Gasteiger partial charge in [0.05, 0.1) is 6.61 Å². The van der Waals surface area contributed by atoms with Crippen molar-refractivity contribution in [2.45, 2.75) is 26.8 Å². The van der Waals surface area contributed by atoms with E-state index >= 15 is 0 Å². The van der Waals surface area contributed by atoms with Crippen molar-refractivity contribution in [3.63, 3.8) is 0 Å². The molecule has 0 saturated heterocycles. The number of aryl methyl sites for hydroxylation is 1. The van der Waals surface area contributed by atoms with Crippen molar-refractivity contribution in [2.75, 3.05) is 31.6 Å². The van der Waals surface area contributed by atoms with E-state index in [1.165, 1.54) is 16.8 Å². The second-order valence-electron chi connectivity index (χ2n) is 4.45. The van der Waals surface area contributed by atoms with Crippen molar-refractivity contribution in [3.05, 3.63) is 29.3 Å². The number of aliphatic hydroxyl groups excluding tert-OH is 1. The molecule has 1 aromatic carbocycles. The molecular weight excluding hydrogens is 212 g/mol. The molecule has 0 aliphatic rings. The van der Waals surface area contributed by atoms with Gasteiger partial charge in [0.2, 0.25) is 0 Å². The van der Waals surface area contributed by atoms with E-state index in [1.807, 2.05) is 7.05 Å². The van der Waals surface area contributed by atoms with E-state index in [0.29, 0.717) is 6.54 Å². The summed E-state index contributed by atoms with van der Waals surface area (Å²) in [5.74, 6) is 0. The topological polar surface area (TPSA) is 35.5 Å². The Balaban J connectivity index is 2.79. The molecule has 0 spiro atoms. The molecule has 0 amide bonds. The van der Waals surface area contributed by atoms with Gasteiger partial charge < -0.3 is 15.3 Å². The predicted octanol–water partition coefficient (Wildman–Crippen LogP) is 1.92. The zero-order valence-corrected chi connectivity index (χ0v) is 11.2. The van der Waals surface area contributed by atoms with Crippen LogP contribution < -0.4 is 10.2 Å². The Bertz CT molecular complexity index is 339. The summed E-state index contributed by atoms with van der Waals surface area (Å²) in [5.41, 5.74) is 3.78. The highest BCUT2D eigenvalue weighted by atomic mass is 16.3. The van der Waals surface area contributed by atoms with Crippen LogP contribution in [-0.2, 0) is 6.54 Å². The van der Waals surface area contributed by atoms with Crippen LogP contribution in [0.25, 0.3) is 0 Å². The number of benzene rings is 1. The number of aliphatic hydroxyl groups is 1. The van der Waals surface area contributed by atoms with E-state index in [1.54, 1.807) is 0 Å². The fourth-order valence-corrected chi connectivity index (χ4v) is 1.90. The van der Waals surface area contributed by atoms with Crippen molar-refractivity contribution < 1.29 is 5.11 Å². The first-order valence-corrected chi connectivity index (χ1v) is 6.31. The molecule has 0 radical (unpaired) electrons. The summed E-state index contributed by atoms with van der Waals surface area (Å²) in [6, 6.07) is 6.46. The van der Waals surface area contributed by atoms with Crippen LogP contribution in [0.1, 0.15) is 24.5 Å². The fraction of sp³-hybridized carbons (Fsp3) is 0.571. The van der Waals surface area contributed by atoms with Gasteiger partial charge in [0.1, 0.15) is 0 Å². The Labute approximate surface area is 104 Å². The Morgan fingerprint density at radius 1 is 1.35 bits per heavy atom. The van der Waals surface area contributed by atoms with E-state index in [4.69, 9.17) is 5.11 Å². The van der Waals surface area contributed by atoms with Crippen molar-refractivity contribution >= 4 is 5.69 Å². The largest absolute Gasteiger partial charge is 0.395 e. The van der Waals surface area contributed by atoms with Gasteiger partial charge in [-0.15, -0.1) is 0 Å². The normalized spacial score (nSPS) is 10.6. The van der Waals surface area contributed by atoms with Gasteiger partial charge in [-0.25, -0.2) is 0 Å². The molecule has 2 N–H and O–H groups in total. The van der Waals surface area contributed by atoms with Crippen molar-refractivity contribution in [1.29, 1.82) is 0 Å². The number of anilines is 1. The lowest BCUT2D eigenvalue weighted by Gasteiger charge is -2.22. The lowest BCUT2D eigenvalue weighted by molar-refractivity contribution is 0.304. The van der Waals surface area contributed by atoms with Crippen LogP contribution in [0.15, 0.2) is 18.2 Å². The van der Waals surface area contributed by atoms with Crippen LogP contribution in [0.5, 0.6) is 0 Å². The van der Waals surface area contributed by atoms with Crippen LogP contribution in [0.4, 0.5) is 5.69 Å². The smallest absolute Gasteiger partial charge is 0.0606 e. The van der Waals surface area contributed by atoms with Gasteiger partial charge >= 0.3 is 0 Å². The first-order valence-electron chi connectivity index (χ1n) is 6.31. The van der Waals surface area contributed by atoms with Crippen LogP contribution in [-0.4, -0.2) is 31.9 Å². The SMILES string of the molecule is CCCNCc1cc(C)ccc1N(C)CCO. The van der Waals surface area contributed by atoms with E-state index in [2.05, 4.69) is 42.3 Å². The van der Waals surface area contributed by atoms with Gasteiger partial charge in [0.15, 0.2) is 0 Å². The maximum Gasteiger partial charge on any atom is 0.0606 e. The van der Waals surface area contributed by atoms with Crippen LogP contribution in [0.2, 0.25) is 0 Å². The zero-order valence-electron chi connectivity index (χ0n) is 11.2. The molecule has 0 unspecified atom stereocenters. The van der Waals surface area contributed by atoms with E-state index in [0.717, 1.165) is 19.5 Å². The number of hydrogen-bond acceptors (Lipinski definition) is 3. The Hall–Kier alpha value is -1.06. The summed E-state index contributed by atoms with van der Waals surface area (Å²) < 4.78 is 0. The van der Waals surface area contributed by atoms with E-state index in [9.17, 15) is 0 Å². The number of hydrogen-bond donors (Lipinski definition) is 2. The number of likely N-dealkylation sites (N-methyl/N-ethyl adjacent to an activating group) is 1. The average Bonchev–Trinajstić information content (AvgIpc) is 2.30. The molecule has 0 atom stereocenters. The highest BCUT2D eigenvalue weighted by Gasteiger charge is 2.06. The monoisotopic (exact) mass is 236 g/mol. The number of rotatable bonds is 7. The Morgan fingerprint density at radius 3 is 2.76 bits per heavy atom. The van der Waals surface area contributed by atoms with Gasteiger partial charge in [-0.2, -0.15) is 0 Å². The average molecular weight is 236 g/mol. The molecule has 96 valence electrons. The summed E-state index contributed by atoms with van der Waals surface area (Å²) in [6.45, 7) is 7.06. The molecule has 0 heterocycles. The molecule has 3 nitrogen and oxygen atoms in total. The Kier molecular flexibility index (Phi) is 6.01. The van der Waals surface area contributed by atoms with Crippen molar-refractivity contribution in [3.8, 4) is 0 Å². The first-order chi connectivity index (χ1) is 8.19. The molecule has 0 fully saturated rings. The third-order valence-corrected chi connectivity index (χ3v) is 2.82. The maximum atomic E-state index is 9.00. The minimum absolute atomic E-state index is 0.187. The Morgan fingerprint density at radius 2 is 2.12 bits per heavy atom. The summed E-state index contributed by atoms with van der Waals surface area (Å²) >= 11 is 0. The summed E-state index contributed by atoms with van der Waals surface area (Å²) in [5, 5.41) is 12.4. The molecule has 17 heavy (non-hydrogen) atoms. The highest BCUT2D eigenvalue weighted by molar-refractivity contribution is 5.54. The molecule has 0 aliphatic carbocycles. The van der Waals surface area contributed by atoms with Crippen LogP contribution in [0.3, 0.4) is 0 Å². The second kappa shape index (κ2) is 7.30. The molecule has 1 rings (SSSR count). The van der Waals surface area contributed by atoms with Gasteiger partial charge in [0, 0.05) is 25.8 Å². The third kappa shape index (κ3) is 4.36. The van der Waals surface area contributed by atoms with Gasteiger partial charge in [-0.1, -0.05) is 24.6 Å². The number of nitrogens with one attached hydrogen (secondary N) is 1. The molecular formula is C14H24N2O. The first kappa shape index (κ1) is 14.0. The molecule has 0 saturated carbocycles.